The van der Waals surface area contributed by atoms with Gasteiger partial charge in [0, 0.05) is 18.7 Å². The van der Waals surface area contributed by atoms with Gasteiger partial charge in [-0.1, -0.05) is 37.7 Å². The highest BCUT2D eigenvalue weighted by atomic mass is 32.2. The first-order chi connectivity index (χ1) is 13.9. The molecule has 1 amide bonds. The minimum Gasteiger partial charge on any atom is -0.356 e. The summed E-state index contributed by atoms with van der Waals surface area (Å²) in [6, 6.07) is 7.75. The van der Waals surface area contributed by atoms with E-state index >= 15 is 0 Å². The molecule has 3 aromatic rings. The van der Waals surface area contributed by atoms with Crippen LogP contribution in [0.15, 0.2) is 40.4 Å². The predicted molar refractivity (Wildman–Crippen MR) is 115 cm³/mol. The molecule has 1 aliphatic rings. The van der Waals surface area contributed by atoms with Crippen molar-refractivity contribution in [3.8, 4) is 5.69 Å². The molecule has 29 heavy (non-hydrogen) atoms. The van der Waals surface area contributed by atoms with Gasteiger partial charge in [0.25, 0.3) is 5.56 Å². The maximum absolute atomic E-state index is 13.2. The second-order valence-electron chi connectivity index (χ2n) is 7.90. The van der Waals surface area contributed by atoms with Crippen LogP contribution in [0.25, 0.3) is 16.7 Å². The molecule has 1 unspecified atom stereocenters. The number of aryl methyl sites for hydroxylation is 1. The highest BCUT2D eigenvalue weighted by molar-refractivity contribution is 7.99. The lowest BCUT2D eigenvalue weighted by molar-refractivity contribution is -0.121. The van der Waals surface area contributed by atoms with Gasteiger partial charge in [0.05, 0.1) is 17.9 Å². The maximum atomic E-state index is 13.2. The smallest absolute Gasteiger partial charge is 0.265 e. The minimum absolute atomic E-state index is 0.0217. The monoisotopic (exact) mass is 411 g/mol. The highest BCUT2D eigenvalue weighted by Gasteiger charge is 2.29. The molecule has 8 heteroatoms. The quantitative estimate of drug-likeness (QED) is 0.631. The summed E-state index contributed by atoms with van der Waals surface area (Å²) in [5.41, 5.74) is 2.41. The molecule has 2 aromatic heterocycles. The van der Waals surface area contributed by atoms with Crippen LogP contribution in [0.1, 0.15) is 38.3 Å². The summed E-state index contributed by atoms with van der Waals surface area (Å²) in [5.74, 6) is 1.19. The number of carbonyl (C=O) groups excluding carboxylic acids is 1. The van der Waals surface area contributed by atoms with Gasteiger partial charge in [0.2, 0.25) is 5.91 Å². The number of hydrogen-bond acceptors (Lipinski definition) is 5. The SMILES string of the molecule is Cc1cccc(-n2ncc3c(=O)n4c(nc32)SCC4CC(=O)NCCC(C)C)c1. The van der Waals surface area contributed by atoms with Crippen molar-refractivity contribution in [2.24, 2.45) is 5.92 Å². The van der Waals surface area contributed by atoms with Crippen LogP contribution in [0, 0.1) is 12.8 Å². The zero-order valence-corrected chi connectivity index (χ0v) is 17.7. The lowest BCUT2D eigenvalue weighted by Gasteiger charge is -2.14. The molecule has 1 atom stereocenters. The van der Waals surface area contributed by atoms with Crippen LogP contribution in [-0.2, 0) is 4.79 Å². The Labute approximate surface area is 173 Å². The lowest BCUT2D eigenvalue weighted by Crippen LogP contribution is -2.31. The van der Waals surface area contributed by atoms with E-state index in [4.69, 9.17) is 4.98 Å². The summed E-state index contributed by atoms with van der Waals surface area (Å²) in [6.07, 6.45) is 2.81. The van der Waals surface area contributed by atoms with E-state index in [1.807, 2.05) is 31.2 Å². The van der Waals surface area contributed by atoms with Crippen molar-refractivity contribution >= 4 is 28.7 Å². The number of thioether (sulfide) groups is 1. The zero-order valence-electron chi connectivity index (χ0n) is 16.9. The number of amides is 1. The number of nitrogens with zero attached hydrogens (tertiary/aromatic N) is 4. The van der Waals surface area contributed by atoms with Crippen molar-refractivity contribution in [3.63, 3.8) is 0 Å². The molecule has 1 aromatic carbocycles. The Balaban J connectivity index is 1.62. The van der Waals surface area contributed by atoms with E-state index in [0.29, 0.717) is 34.4 Å². The minimum atomic E-state index is -0.180. The normalized spacial score (nSPS) is 15.8. The Bertz CT molecular complexity index is 1120. The van der Waals surface area contributed by atoms with Gasteiger partial charge < -0.3 is 5.32 Å². The van der Waals surface area contributed by atoms with Crippen molar-refractivity contribution in [2.75, 3.05) is 12.3 Å². The van der Waals surface area contributed by atoms with Crippen LogP contribution in [0.2, 0.25) is 0 Å². The van der Waals surface area contributed by atoms with Crippen LogP contribution >= 0.6 is 11.8 Å². The van der Waals surface area contributed by atoms with E-state index in [9.17, 15) is 9.59 Å². The number of nitrogens with one attached hydrogen (secondary N) is 1. The van der Waals surface area contributed by atoms with Gasteiger partial charge in [-0.2, -0.15) is 5.10 Å². The van der Waals surface area contributed by atoms with Gasteiger partial charge in [-0.15, -0.1) is 0 Å². The number of carbonyl (C=O) groups is 1. The van der Waals surface area contributed by atoms with Gasteiger partial charge in [-0.25, -0.2) is 9.67 Å². The molecule has 0 aliphatic carbocycles. The largest absolute Gasteiger partial charge is 0.356 e. The third-order valence-electron chi connectivity index (χ3n) is 5.08. The molecule has 152 valence electrons. The molecule has 4 rings (SSSR count). The molecule has 7 nitrogen and oxygen atoms in total. The summed E-state index contributed by atoms with van der Waals surface area (Å²) in [4.78, 5) is 30.2. The van der Waals surface area contributed by atoms with Gasteiger partial charge in [-0.3, -0.25) is 14.2 Å². The van der Waals surface area contributed by atoms with Gasteiger partial charge >= 0.3 is 0 Å². The summed E-state index contributed by atoms with van der Waals surface area (Å²) in [6.45, 7) is 6.94. The first-order valence-electron chi connectivity index (χ1n) is 9.91. The van der Waals surface area contributed by atoms with Gasteiger partial charge in [0.1, 0.15) is 5.39 Å². The number of rotatable bonds is 6. The van der Waals surface area contributed by atoms with Crippen molar-refractivity contribution in [3.05, 3.63) is 46.4 Å². The Hall–Kier alpha value is -2.61. The van der Waals surface area contributed by atoms with E-state index < -0.39 is 0 Å². The fraction of sp³-hybridized carbons (Fsp3) is 0.429. The summed E-state index contributed by atoms with van der Waals surface area (Å²) >= 11 is 1.52. The molecular weight excluding hydrogens is 386 g/mol. The zero-order chi connectivity index (χ0) is 20.5. The van der Waals surface area contributed by atoms with Crippen LogP contribution < -0.4 is 10.9 Å². The Morgan fingerprint density at radius 2 is 2.21 bits per heavy atom. The standard InChI is InChI=1S/C21H25N5O2S/c1-13(2)7-8-22-18(27)10-16-12-29-21-24-19-17(20(28)25(16)21)11-23-26(19)15-6-4-5-14(3)9-15/h4-6,9,11,13,16H,7-8,10,12H2,1-3H3,(H,22,27). The first-order valence-corrected chi connectivity index (χ1v) is 10.9. The molecule has 1 N–H and O–H groups in total. The highest BCUT2D eigenvalue weighted by Crippen LogP contribution is 2.33. The molecule has 1 aliphatic heterocycles. The lowest BCUT2D eigenvalue weighted by atomic mass is 10.1. The average molecular weight is 412 g/mol. The van der Waals surface area contributed by atoms with E-state index in [0.717, 1.165) is 17.7 Å². The van der Waals surface area contributed by atoms with Crippen molar-refractivity contribution in [1.29, 1.82) is 0 Å². The average Bonchev–Trinajstić information content (AvgIpc) is 3.26. The van der Waals surface area contributed by atoms with Gasteiger partial charge in [0.15, 0.2) is 10.8 Å². The molecule has 3 heterocycles. The third-order valence-corrected chi connectivity index (χ3v) is 6.18. The van der Waals surface area contributed by atoms with Crippen molar-refractivity contribution in [2.45, 2.75) is 44.8 Å². The van der Waals surface area contributed by atoms with Crippen LogP contribution in [0.4, 0.5) is 0 Å². The Morgan fingerprint density at radius 1 is 1.38 bits per heavy atom. The molecule has 0 fully saturated rings. The van der Waals surface area contributed by atoms with Crippen LogP contribution in [-0.4, -0.2) is 37.5 Å². The van der Waals surface area contributed by atoms with E-state index in [2.05, 4.69) is 24.3 Å². The Kier molecular flexibility index (Phi) is 5.45. The summed E-state index contributed by atoms with van der Waals surface area (Å²) in [5, 5.41) is 8.49. The van der Waals surface area contributed by atoms with Crippen molar-refractivity contribution < 1.29 is 4.79 Å². The van der Waals surface area contributed by atoms with E-state index in [1.165, 1.54) is 11.8 Å². The molecule has 0 saturated heterocycles. The Morgan fingerprint density at radius 3 is 2.97 bits per heavy atom. The van der Waals surface area contributed by atoms with Crippen LogP contribution in [0.3, 0.4) is 0 Å². The molecule has 0 saturated carbocycles. The first kappa shape index (κ1) is 19.7. The molecule has 0 spiro atoms. The second kappa shape index (κ2) is 8.02. The number of aromatic nitrogens is 4. The van der Waals surface area contributed by atoms with Gasteiger partial charge in [-0.05, 0) is 37.0 Å². The summed E-state index contributed by atoms with van der Waals surface area (Å²) in [7, 11) is 0. The summed E-state index contributed by atoms with van der Waals surface area (Å²) < 4.78 is 3.37. The number of benzene rings is 1. The molecule has 0 radical (unpaired) electrons. The fourth-order valence-corrected chi connectivity index (χ4v) is 4.65. The van der Waals surface area contributed by atoms with E-state index in [-0.39, 0.29) is 23.9 Å². The number of hydrogen-bond donors (Lipinski definition) is 1. The third kappa shape index (κ3) is 3.94. The fourth-order valence-electron chi connectivity index (χ4n) is 3.52. The molecular formula is C21H25N5O2S. The second-order valence-corrected chi connectivity index (χ2v) is 8.89. The predicted octanol–water partition coefficient (Wildman–Crippen LogP) is 3.09. The van der Waals surface area contributed by atoms with Crippen molar-refractivity contribution in [1.82, 2.24) is 24.6 Å². The number of fused-ring (bicyclic) bond motifs is 2. The molecule has 0 bridgehead atoms. The van der Waals surface area contributed by atoms with Crippen LogP contribution in [0.5, 0.6) is 0 Å². The topological polar surface area (TPSA) is 81.8 Å². The van der Waals surface area contributed by atoms with E-state index in [1.54, 1.807) is 15.4 Å². The maximum Gasteiger partial charge on any atom is 0.265 e.